The largest absolute Gasteiger partial charge is 0.309 e. The third-order valence-corrected chi connectivity index (χ3v) is 5.44. The molecular formula is C13H17IN4S. The molecule has 102 valence electrons. The van der Waals surface area contributed by atoms with Crippen molar-refractivity contribution >= 4 is 33.9 Å². The lowest BCUT2D eigenvalue weighted by atomic mass is 9.94. The molecule has 0 spiro atoms. The smallest absolute Gasteiger partial charge is 0.151 e. The third kappa shape index (κ3) is 3.17. The molecule has 1 aliphatic carbocycles. The number of nitrogens with zero attached hydrogens (tertiary/aromatic N) is 3. The summed E-state index contributed by atoms with van der Waals surface area (Å²) in [5, 5.41) is 7.97. The summed E-state index contributed by atoms with van der Waals surface area (Å²) in [5.74, 6) is 0.922. The van der Waals surface area contributed by atoms with E-state index in [0.29, 0.717) is 6.04 Å². The Balaban J connectivity index is 1.59. The predicted octanol–water partition coefficient (Wildman–Crippen LogP) is 2.69. The summed E-state index contributed by atoms with van der Waals surface area (Å²) >= 11 is 4.37. The highest BCUT2D eigenvalue weighted by molar-refractivity contribution is 14.1. The van der Waals surface area contributed by atoms with Gasteiger partial charge in [-0.1, -0.05) is 0 Å². The maximum Gasteiger partial charge on any atom is 0.151 e. The van der Waals surface area contributed by atoms with Gasteiger partial charge in [-0.05, 0) is 53.5 Å². The molecule has 6 heteroatoms. The first-order valence-corrected chi connectivity index (χ1v) is 8.48. The molecule has 0 saturated carbocycles. The van der Waals surface area contributed by atoms with Crippen molar-refractivity contribution in [2.75, 3.05) is 6.54 Å². The summed E-state index contributed by atoms with van der Waals surface area (Å²) in [6, 6.07) is 2.86. The monoisotopic (exact) mass is 388 g/mol. The normalized spacial score (nSPS) is 18.5. The fraction of sp³-hybridized carbons (Fsp3) is 0.538. The van der Waals surface area contributed by atoms with E-state index in [1.165, 1.54) is 27.7 Å². The van der Waals surface area contributed by atoms with Gasteiger partial charge in [-0.2, -0.15) is 5.10 Å². The molecule has 2 aromatic rings. The zero-order chi connectivity index (χ0) is 13.2. The van der Waals surface area contributed by atoms with E-state index in [-0.39, 0.29) is 0 Å². The lowest BCUT2D eigenvalue weighted by molar-refractivity contribution is 0.464. The van der Waals surface area contributed by atoms with Crippen LogP contribution in [0.2, 0.25) is 0 Å². The van der Waals surface area contributed by atoms with Crippen molar-refractivity contribution < 1.29 is 0 Å². The summed E-state index contributed by atoms with van der Waals surface area (Å²) in [5.41, 5.74) is 1.52. The molecule has 0 fully saturated rings. The maximum absolute atomic E-state index is 4.31. The van der Waals surface area contributed by atoms with Crippen molar-refractivity contribution in [2.24, 2.45) is 7.05 Å². The number of hydrogen-bond acceptors (Lipinski definition) is 4. The highest BCUT2D eigenvalue weighted by atomic mass is 127. The van der Waals surface area contributed by atoms with E-state index in [2.05, 4.69) is 44.1 Å². The van der Waals surface area contributed by atoms with Crippen LogP contribution in [0, 0.1) is 2.88 Å². The molecule has 2 heterocycles. The molecule has 1 atom stereocenters. The number of halogens is 1. The molecule has 0 amide bonds. The Labute approximate surface area is 130 Å². The van der Waals surface area contributed by atoms with Crippen LogP contribution in [0.1, 0.15) is 35.1 Å². The van der Waals surface area contributed by atoms with E-state index in [1.807, 2.05) is 18.4 Å². The number of hydrogen-bond donors (Lipinski definition) is 1. The molecule has 19 heavy (non-hydrogen) atoms. The van der Waals surface area contributed by atoms with Crippen LogP contribution in [0.15, 0.2) is 12.4 Å². The molecule has 1 unspecified atom stereocenters. The van der Waals surface area contributed by atoms with Crippen molar-refractivity contribution in [2.45, 2.75) is 31.7 Å². The van der Waals surface area contributed by atoms with E-state index >= 15 is 0 Å². The maximum atomic E-state index is 4.31. The molecule has 1 N–H and O–H groups in total. The number of aryl methyl sites for hydroxylation is 2. The first kappa shape index (κ1) is 13.5. The Hall–Kier alpha value is -0.470. The first-order chi connectivity index (χ1) is 9.22. The number of thiophene rings is 1. The minimum Gasteiger partial charge on any atom is -0.309 e. The summed E-state index contributed by atoms with van der Waals surface area (Å²) in [6.07, 6.45) is 6.45. The van der Waals surface area contributed by atoms with Crippen LogP contribution in [0.5, 0.6) is 0 Å². The van der Waals surface area contributed by atoms with Crippen molar-refractivity contribution in [3.8, 4) is 0 Å². The minimum atomic E-state index is 0.521. The fourth-order valence-corrected chi connectivity index (χ4v) is 4.71. The van der Waals surface area contributed by atoms with Gasteiger partial charge in [-0.3, -0.25) is 4.68 Å². The van der Waals surface area contributed by atoms with Gasteiger partial charge in [0, 0.05) is 30.9 Å². The summed E-state index contributed by atoms with van der Waals surface area (Å²) in [6.45, 7) is 0.945. The quantitative estimate of drug-likeness (QED) is 0.820. The van der Waals surface area contributed by atoms with Gasteiger partial charge in [0.2, 0.25) is 0 Å². The van der Waals surface area contributed by atoms with Crippen molar-refractivity contribution in [3.63, 3.8) is 0 Å². The molecule has 3 rings (SSSR count). The molecule has 0 bridgehead atoms. The van der Waals surface area contributed by atoms with Crippen molar-refractivity contribution in [1.82, 2.24) is 20.1 Å². The molecular weight excluding hydrogens is 371 g/mol. The van der Waals surface area contributed by atoms with Gasteiger partial charge >= 0.3 is 0 Å². The van der Waals surface area contributed by atoms with E-state index in [4.69, 9.17) is 0 Å². The fourth-order valence-electron chi connectivity index (χ4n) is 2.59. The number of nitrogens with one attached hydrogen (secondary N) is 1. The molecule has 0 aliphatic heterocycles. The Morgan fingerprint density at radius 3 is 3.26 bits per heavy atom. The Morgan fingerprint density at radius 2 is 2.47 bits per heavy atom. The van der Waals surface area contributed by atoms with Gasteiger partial charge in [-0.15, -0.1) is 11.3 Å². The van der Waals surface area contributed by atoms with E-state index in [1.54, 1.807) is 15.9 Å². The van der Waals surface area contributed by atoms with Crippen LogP contribution < -0.4 is 5.32 Å². The summed E-state index contributed by atoms with van der Waals surface area (Å²) in [4.78, 5) is 5.83. The highest BCUT2D eigenvalue weighted by Crippen LogP contribution is 2.36. The van der Waals surface area contributed by atoms with Crippen LogP contribution >= 0.6 is 33.9 Å². The second-order valence-electron chi connectivity index (χ2n) is 4.91. The van der Waals surface area contributed by atoms with Gasteiger partial charge in [0.15, 0.2) is 5.82 Å². The second kappa shape index (κ2) is 5.88. The summed E-state index contributed by atoms with van der Waals surface area (Å²) in [7, 11) is 1.91. The SMILES string of the molecule is Cn1cnc(CCNC2CCCc3sc(I)cc32)n1. The lowest BCUT2D eigenvalue weighted by Gasteiger charge is -2.23. The van der Waals surface area contributed by atoms with Crippen LogP contribution in [0.4, 0.5) is 0 Å². The van der Waals surface area contributed by atoms with Crippen molar-refractivity contribution in [3.05, 3.63) is 31.5 Å². The zero-order valence-corrected chi connectivity index (χ0v) is 13.9. The van der Waals surface area contributed by atoms with Crippen LogP contribution in [-0.2, 0) is 19.9 Å². The molecule has 1 aliphatic rings. The van der Waals surface area contributed by atoms with Gasteiger partial charge in [0.1, 0.15) is 6.33 Å². The average molecular weight is 388 g/mol. The first-order valence-electron chi connectivity index (χ1n) is 6.58. The Bertz CT molecular complexity index is 563. The van der Waals surface area contributed by atoms with Crippen molar-refractivity contribution in [1.29, 1.82) is 0 Å². The minimum absolute atomic E-state index is 0.521. The van der Waals surface area contributed by atoms with Gasteiger partial charge in [0.05, 0.1) is 2.88 Å². The van der Waals surface area contributed by atoms with Crippen LogP contribution in [0.25, 0.3) is 0 Å². The average Bonchev–Trinajstić information content (AvgIpc) is 2.95. The van der Waals surface area contributed by atoms with Crippen LogP contribution in [0.3, 0.4) is 0 Å². The van der Waals surface area contributed by atoms with Gasteiger partial charge in [0.25, 0.3) is 0 Å². The molecule has 2 aromatic heterocycles. The predicted molar refractivity (Wildman–Crippen MR) is 85.4 cm³/mol. The number of rotatable bonds is 4. The molecule has 0 saturated heterocycles. The third-order valence-electron chi connectivity index (χ3n) is 3.47. The molecule has 4 nitrogen and oxygen atoms in total. The molecule has 0 radical (unpaired) electrons. The standard InChI is InChI=1S/C13H17IN4S/c1-18-8-16-13(17-18)5-6-15-10-3-2-4-11-9(10)7-12(14)19-11/h7-8,10,15H,2-6H2,1H3. The van der Waals surface area contributed by atoms with E-state index in [0.717, 1.165) is 18.8 Å². The van der Waals surface area contributed by atoms with Gasteiger partial charge < -0.3 is 5.32 Å². The Kier molecular flexibility index (Phi) is 4.18. The number of fused-ring (bicyclic) bond motifs is 1. The lowest BCUT2D eigenvalue weighted by Crippen LogP contribution is -2.26. The van der Waals surface area contributed by atoms with Crippen LogP contribution in [-0.4, -0.2) is 21.3 Å². The Morgan fingerprint density at radius 1 is 1.58 bits per heavy atom. The van der Waals surface area contributed by atoms with E-state index in [9.17, 15) is 0 Å². The zero-order valence-electron chi connectivity index (χ0n) is 10.9. The topological polar surface area (TPSA) is 42.7 Å². The van der Waals surface area contributed by atoms with Gasteiger partial charge in [-0.25, -0.2) is 4.98 Å². The molecule has 0 aromatic carbocycles. The highest BCUT2D eigenvalue weighted by Gasteiger charge is 2.22. The summed E-state index contributed by atoms with van der Waals surface area (Å²) < 4.78 is 3.16. The second-order valence-corrected chi connectivity index (χ2v) is 7.94. The number of aromatic nitrogens is 3. The van der Waals surface area contributed by atoms with E-state index < -0.39 is 0 Å².